The molecule has 1 aromatic heterocycles. The van der Waals surface area contributed by atoms with Crippen LogP contribution in [0.25, 0.3) is 0 Å². The van der Waals surface area contributed by atoms with Crippen LogP contribution in [0.4, 0.5) is 0 Å². The van der Waals surface area contributed by atoms with E-state index < -0.39 is 18.2 Å². The quantitative estimate of drug-likeness (QED) is 0.233. The summed E-state index contributed by atoms with van der Waals surface area (Å²) in [6.45, 7) is 0. The summed E-state index contributed by atoms with van der Waals surface area (Å²) in [6.07, 6.45) is 9.63. The van der Waals surface area contributed by atoms with E-state index in [-0.39, 0.29) is 23.5 Å². The molecule has 1 radical (unpaired) electrons. The molecule has 0 bridgehead atoms. The normalized spacial score (nSPS) is 25.7. The molecule has 8 heteroatoms. The number of aliphatic hydroxyl groups excluding tert-OH is 2. The Labute approximate surface area is 190 Å². The van der Waals surface area contributed by atoms with Crippen LogP contribution in [-0.2, 0) is 11.2 Å². The van der Waals surface area contributed by atoms with Crippen molar-refractivity contribution in [1.82, 2.24) is 0 Å². The Balaban J connectivity index is 1.87. The molecule has 4 nitrogen and oxygen atoms in total. The Morgan fingerprint density at radius 1 is 1.45 bits per heavy atom. The molecule has 0 saturated heterocycles. The first kappa shape index (κ1) is 24.6. The third-order valence-corrected chi connectivity index (χ3v) is 7.76. The van der Waals surface area contributed by atoms with Gasteiger partial charge in [-0.3, -0.25) is 0 Å². The summed E-state index contributed by atoms with van der Waals surface area (Å²) < 4.78 is 1.07. The summed E-state index contributed by atoms with van der Waals surface area (Å²) in [5, 5.41) is 31.5. The van der Waals surface area contributed by atoms with Crippen LogP contribution in [0, 0.1) is 17.8 Å². The van der Waals surface area contributed by atoms with Gasteiger partial charge in [-0.2, -0.15) is 0 Å². The summed E-state index contributed by atoms with van der Waals surface area (Å²) in [5.74, 6) is 1.77. The van der Waals surface area contributed by atoms with Crippen LogP contribution in [0.3, 0.4) is 0 Å². The fraction of sp³-hybridized carbons (Fsp3) is 0.524. The van der Waals surface area contributed by atoms with E-state index in [1.54, 1.807) is 17.3 Å². The number of aliphatic carboxylic acids is 1. The monoisotopic (exact) mass is 497 g/mol. The maximum atomic E-state index is 10.5. The van der Waals surface area contributed by atoms with Crippen molar-refractivity contribution in [2.45, 2.75) is 37.9 Å². The van der Waals surface area contributed by atoms with Crippen molar-refractivity contribution in [3.05, 3.63) is 45.1 Å². The average molecular weight is 498 g/mol. The van der Waals surface area contributed by atoms with E-state index in [1.165, 1.54) is 16.6 Å². The van der Waals surface area contributed by atoms with Crippen molar-refractivity contribution < 1.29 is 20.1 Å². The van der Waals surface area contributed by atoms with Gasteiger partial charge in [0.2, 0.25) is 0 Å². The molecule has 5 atom stereocenters. The number of carbonyl (C=O) groups is 1. The van der Waals surface area contributed by atoms with Gasteiger partial charge in [0.25, 0.3) is 0 Å². The predicted molar refractivity (Wildman–Crippen MR) is 127 cm³/mol. The number of aryl methyl sites for hydroxylation is 1. The van der Waals surface area contributed by atoms with Crippen molar-refractivity contribution in [3.8, 4) is 0 Å². The van der Waals surface area contributed by atoms with Crippen molar-refractivity contribution >= 4 is 58.5 Å². The average Bonchev–Trinajstić information content (AvgIpc) is 3.23. The Morgan fingerprint density at radius 2 is 2.24 bits per heavy atom. The van der Waals surface area contributed by atoms with Gasteiger partial charge in [0.05, 0.1) is 0 Å². The molecule has 1 unspecified atom stereocenters. The van der Waals surface area contributed by atoms with Crippen LogP contribution in [0.2, 0.25) is 0 Å². The number of thiophene rings is 1. The zero-order valence-corrected chi connectivity index (χ0v) is 19.4. The van der Waals surface area contributed by atoms with Gasteiger partial charge in [0.15, 0.2) is 0 Å². The summed E-state index contributed by atoms with van der Waals surface area (Å²) in [6, 6.07) is 2.07. The number of halogens is 1. The van der Waals surface area contributed by atoms with Gasteiger partial charge in [-0.1, -0.05) is 0 Å². The molecule has 157 valence electrons. The van der Waals surface area contributed by atoms with Gasteiger partial charge in [-0.05, 0) is 0 Å². The molecule has 0 spiro atoms. The minimum absolute atomic E-state index is 0.0391. The third-order valence-electron chi connectivity index (χ3n) is 5.12. The van der Waals surface area contributed by atoms with Crippen LogP contribution >= 0.6 is 39.0 Å². The van der Waals surface area contributed by atoms with Gasteiger partial charge in [0, 0.05) is 0 Å². The topological polar surface area (TPSA) is 77.8 Å². The van der Waals surface area contributed by atoms with Crippen LogP contribution < -0.4 is 0 Å². The molecule has 1 saturated carbocycles. The second-order valence-corrected chi connectivity index (χ2v) is 10.2. The summed E-state index contributed by atoms with van der Waals surface area (Å²) in [4.78, 5) is 11.8. The van der Waals surface area contributed by atoms with Crippen molar-refractivity contribution in [1.29, 1.82) is 0 Å². The molecule has 1 aromatic rings. The second kappa shape index (κ2) is 12.9. The molecular weight excluding hydrogens is 471 g/mol. The van der Waals surface area contributed by atoms with Gasteiger partial charge in [-0.15, -0.1) is 0 Å². The zero-order valence-electron chi connectivity index (χ0n) is 16.2. The first-order valence-corrected chi connectivity index (χ1v) is 12.5. The van der Waals surface area contributed by atoms with Crippen LogP contribution in [0.5, 0.6) is 0 Å². The van der Waals surface area contributed by atoms with Crippen molar-refractivity contribution in [2.75, 3.05) is 11.5 Å². The van der Waals surface area contributed by atoms with E-state index >= 15 is 0 Å². The molecule has 1 aliphatic carbocycles. The minimum atomic E-state index is -0.814. The number of hydrogen-bond donors (Lipinski definition) is 3. The summed E-state index contributed by atoms with van der Waals surface area (Å²) in [5.41, 5.74) is 0. The first-order valence-electron chi connectivity index (χ1n) is 9.67. The summed E-state index contributed by atoms with van der Waals surface area (Å²) >= 11 is 6.47. The van der Waals surface area contributed by atoms with Crippen molar-refractivity contribution in [2.24, 2.45) is 17.8 Å². The maximum absolute atomic E-state index is 10.5. The third kappa shape index (κ3) is 8.54. The van der Waals surface area contributed by atoms with Gasteiger partial charge in [-0.25, -0.2) is 0 Å². The van der Waals surface area contributed by atoms with E-state index in [0.717, 1.165) is 10.9 Å². The number of aliphatic hydroxyl groups is 2. The van der Waals surface area contributed by atoms with Crippen molar-refractivity contribution in [3.63, 3.8) is 0 Å². The predicted octanol–water partition coefficient (Wildman–Crippen LogP) is 3.71. The Morgan fingerprint density at radius 3 is 2.90 bits per heavy atom. The van der Waals surface area contributed by atoms with Crippen LogP contribution in [0.1, 0.15) is 24.1 Å². The summed E-state index contributed by atoms with van der Waals surface area (Å²) in [7, 11) is 5.80. The number of carboxylic acid groups (broad SMARTS) is 1. The number of carboxylic acids is 1. The van der Waals surface area contributed by atoms with E-state index in [9.17, 15) is 15.0 Å². The van der Waals surface area contributed by atoms with E-state index in [4.69, 9.17) is 12.6 Å². The van der Waals surface area contributed by atoms with Gasteiger partial charge >= 0.3 is 191 Å². The molecule has 29 heavy (non-hydrogen) atoms. The molecule has 0 amide bonds. The Kier molecular flexibility index (Phi) is 10.9. The first-order chi connectivity index (χ1) is 13.9. The van der Waals surface area contributed by atoms with Gasteiger partial charge in [0.1, 0.15) is 0 Å². The molecular formula is C21H27BBrO4S2. The Hall–Kier alpha value is -0.665. The second-order valence-electron chi connectivity index (χ2n) is 7.24. The van der Waals surface area contributed by atoms with E-state index in [2.05, 4.69) is 22.0 Å². The van der Waals surface area contributed by atoms with Crippen LogP contribution in [0.15, 0.2) is 40.2 Å². The molecule has 1 aliphatic rings. The molecule has 3 N–H and O–H groups in total. The van der Waals surface area contributed by atoms with E-state index in [1.807, 2.05) is 29.7 Å². The fourth-order valence-corrected chi connectivity index (χ4v) is 5.69. The number of rotatable bonds is 12. The standard InChI is InChI=1S/C21H27BBrO4S2/c22-11-14-9-20(25)19(3-1-2-8-28-13-21(26)27)18(14)7-5-16(24)4-6-17-10-15(23)12-29-17/h1-2,5,7,10-12,14,16,18-20,24-25H,3-4,6,8-9,13H2,(H,26,27)/b2-1-,7-5+/t14-,16-,18-,19+,20?/m0/s1. The number of hydrogen-bond acceptors (Lipinski definition) is 5. The molecule has 1 heterocycles. The Bertz CT molecular complexity index is 721. The molecule has 1 fully saturated rings. The van der Waals surface area contributed by atoms with Gasteiger partial charge < -0.3 is 0 Å². The molecule has 0 aliphatic heterocycles. The number of thioether (sulfide) groups is 1. The fourth-order valence-electron chi connectivity index (χ4n) is 3.65. The SMILES string of the molecule is [B]=C[C@@H]1CC(O)[C@H](C/C=C\CSCC(=O)O)[C@H]1/C=C/[C@@H](O)CCc1cc(Br)cs1. The van der Waals surface area contributed by atoms with Crippen LogP contribution in [-0.4, -0.2) is 58.5 Å². The molecule has 2 rings (SSSR count). The number of allylic oxidation sites excluding steroid dienone is 2. The molecule has 0 aromatic carbocycles. The zero-order chi connectivity index (χ0) is 21.2. The van der Waals surface area contributed by atoms with E-state index in [0.29, 0.717) is 25.0 Å².